The maximum Gasteiger partial charge on any atom is 0.233 e. The molecule has 3 nitrogen and oxygen atoms in total. The second kappa shape index (κ2) is 7.99. The van der Waals surface area contributed by atoms with Gasteiger partial charge in [0.2, 0.25) is 11.6 Å². The molecule has 1 N–H and O–H groups in total. The molecule has 0 amide bonds. The topological polar surface area (TPSA) is 54.4 Å². The van der Waals surface area contributed by atoms with E-state index in [0.29, 0.717) is 17.6 Å². The summed E-state index contributed by atoms with van der Waals surface area (Å²) in [6.45, 7) is 11.9. The summed E-state index contributed by atoms with van der Waals surface area (Å²) in [7, 11) is 0. The first-order valence-corrected chi connectivity index (χ1v) is 9.34. The lowest BCUT2D eigenvalue weighted by Gasteiger charge is -2.33. The van der Waals surface area contributed by atoms with Gasteiger partial charge in [0.05, 0.1) is 5.57 Å². The lowest BCUT2D eigenvalue weighted by Crippen LogP contribution is -2.33. The third-order valence-corrected chi connectivity index (χ3v) is 5.53. The van der Waals surface area contributed by atoms with Crippen molar-refractivity contribution < 1.29 is 14.7 Å². The van der Waals surface area contributed by atoms with Gasteiger partial charge in [0.15, 0.2) is 0 Å². The minimum Gasteiger partial charge on any atom is -0.507 e. The predicted octanol–water partition coefficient (Wildman–Crippen LogP) is 5.40. The lowest BCUT2D eigenvalue weighted by molar-refractivity contribution is -0.133. The Balaban J connectivity index is 2.48. The summed E-state index contributed by atoms with van der Waals surface area (Å²) in [5, 5.41) is 10.8. The first kappa shape index (κ1) is 19.4. The van der Waals surface area contributed by atoms with Crippen LogP contribution in [0.2, 0.25) is 0 Å². The molecule has 0 heterocycles. The zero-order chi connectivity index (χ0) is 18.7. The highest BCUT2D eigenvalue weighted by Crippen LogP contribution is 2.41. The van der Waals surface area contributed by atoms with E-state index in [1.165, 1.54) is 5.57 Å². The van der Waals surface area contributed by atoms with Gasteiger partial charge in [-0.05, 0) is 57.9 Å². The molecule has 2 atom stereocenters. The number of hydrogen-bond donors (Lipinski definition) is 1. The monoisotopic (exact) mass is 342 g/mol. The molecule has 0 aliphatic heterocycles. The highest BCUT2D eigenvalue weighted by molar-refractivity contribution is 6.50. The summed E-state index contributed by atoms with van der Waals surface area (Å²) in [5.74, 6) is -1.12. The van der Waals surface area contributed by atoms with Crippen LogP contribution in [0, 0.1) is 11.8 Å². The Morgan fingerprint density at radius 1 is 1.24 bits per heavy atom. The lowest BCUT2D eigenvalue weighted by atomic mass is 9.70. The SMILES string of the molecule is C=C(C)C1CCC(C)=C[C@H]1C1=C(O)C(C)=C(CCCCC)C(=O)C1=O. The van der Waals surface area contributed by atoms with Crippen molar-refractivity contribution in [3.8, 4) is 0 Å². The summed E-state index contributed by atoms with van der Waals surface area (Å²) in [5.41, 5.74) is 3.52. The van der Waals surface area contributed by atoms with Gasteiger partial charge in [0.25, 0.3) is 0 Å². The summed E-state index contributed by atoms with van der Waals surface area (Å²) in [4.78, 5) is 25.5. The number of hydrogen-bond acceptors (Lipinski definition) is 3. The number of ketones is 2. The van der Waals surface area contributed by atoms with E-state index >= 15 is 0 Å². The van der Waals surface area contributed by atoms with Crippen LogP contribution in [0.1, 0.15) is 66.2 Å². The van der Waals surface area contributed by atoms with Crippen molar-refractivity contribution in [1.29, 1.82) is 0 Å². The van der Waals surface area contributed by atoms with Crippen LogP contribution < -0.4 is 0 Å². The standard InChI is InChI=1S/C22H30O3/c1-6-7-8-9-17-15(5)20(23)19(22(25)21(17)24)18-12-14(4)10-11-16(18)13(2)3/h12,16,18,23H,2,6-11H2,1,3-5H3/t16?,18-/m1/s1. The molecule has 3 heteroatoms. The number of Topliss-reactive ketones (excluding diaryl/α,β-unsaturated/α-hetero) is 2. The molecule has 136 valence electrons. The van der Waals surface area contributed by atoms with Crippen LogP contribution in [0.25, 0.3) is 0 Å². The zero-order valence-electron chi connectivity index (χ0n) is 15.9. The minimum atomic E-state index is -0.531. The third kappa shape index (κ3) is 3.86. The van der Waals surface area contributed by atoms with E-state index in [1.807, 2.05) is 19.9 Å². The van der Waals surface area contributed by atoms with Gasteiger partial charge in [-0.1, -0.05) is 43.6 Å². The maximum atomic E-state index is 12.8. The number of unbranched alkanes of at least 4 members (excludes halogenated alkanes) is 2. The highest BCUT2D eigenvalue weighted by atomic mass is 16.3. The van der Waals surface area contributed by atoms with Crippen molar-refractivity contribution in [3.05, 3.63) is 46.3 Å². The van der Waals surface area contributed by atoms with Crippen LogP contribution in [0.5, 0.6) is 0 Å². The molecule has 0 spiro atoms. The number of carbonyl (C=O) groups excluding carboxylic acids is 2. The average Bonchev–Trinajstić information content (AvgIpc) is 2.56. The predicted molar refractivity (Wildman–Crippen MR) is 101 cm³/mol. The average molecular weight is 342 g/mol. The van der Waals surface area contributed by atoms with E-state index in [4.69, 9.17) is 0 Å². The molecule has 2 aliphatic carbocycles. The van der Waals surface area contributed by atoms with Gasteiger partial charge in [-0.25, -0.2) is 0 Å². The number of carbonyl (C=O) groups is 2. The Kier molecular flexibility index (Phi) is 6.21. The maximum absolute atomic E-state index is 12.8. The Hall–Kier alpha value is -1.90. The molecule has 0 saturated heterocycles. The molecule has 0 aromatic rings. The molecule has 2 rings (SSSR count). The molecule has 0 saturated carbocycles. The Morgan fingerprint density at radius 3 is 2.52 bits per heavy atom. The zero-order valence-corrected chi connectivity index (χ0v) is 15.9. The molecule has 0 aromatic carbocycles. The van der Waals surface area contributed by atoms with Gasteiger partial charge in [-0.15, -0.1) is 0 Å². The van der Waals surface area contributed by atoms with Crippen molar-refractivity contribution in [2.24, 2.45) is 11.8 Å². The van der Waals surface area contributed by atoms with E-state index in [0.717, 1.165) is 37.7 Å². The quantitative estimate of drug-likeness (QED) is 0.304. The second-order valence-electron chi connectivity index (χ2n) is 7.51. The third-order valence-electron chi connectivity index (χ3n) is 5.53. The first-order valence-electron chi connectivity index (χ1n) is 9.34. The summed E-state index contributed by atoms with van der Waals surface area (Å²) in [6.07, 6.45) is 7.38. The fourth-order valence-corrected chi connectivity index (χ4v) is 3.95. The van der Waals surface area contributed by atoms with Crippen molar-refractivity contribution >= 4 is 11.6 Å². The Labute approximate surface area is 151 Å². The largest absolute Gasteiger partial charge is 0.507 e. The molecule has 25 heavy (non-hydrogen) atoms. The molecule has 1 unspecified atom stereocenters. The number of rotatable bonds is 6. The fourth-order valence-electron chi connectivity index (χ4n) is 3.95. The van der Waals surface area contributed by atoms with Crippen LogP contribution in [0.15, 0.2) is 46.3 Å². The van der Waals surface area contributed by atoms with Gasteiger partial charge < -0.3 is 5.11 Å². The van der Waals surface area contributed by atoms with E-state index in [2.05, 4.69) is 13.5 Å². The van der Waals surface area contributed by atoms with Gasteiger partial charge in [-0.3, -0.25) is 9.59 Å². The highest BCUT2D eigenvalue weighted by Gasteiger charge is 2.40. The molecule has 0 bridgehead atoms. The van der Waals surface area contributed by atoms with Crippen molar-refractivity contribution in [3.63, 3.8) is 0 Å². The van der Waals surface area contributed by atoms with E-state index in [1.54, 1.807) is 6.92 Å². The summed E-state index contributed by atoms with van der Waals surface area (Å²) < 4.78 is 0. The molecular formula is C22H30O3. The van der Waals surface area contributed by atoms with E-state index < -0.39 is 11.6 Å². The fraction of sp³-hybridized carbons (Fsp3) is 0.545. The van der Waals surface area contributed by atoms with Crippen LogP contribution in [0.4, 0.5) is 0 Å². The molecule has 0 fully saturated rings. The van der Waals surface area contributed by atoms with Crippen LogP contribution in [-0.2, 0) is 9.59 Å². The van der Waals surface area contributed by atoms with Crippen molar-refractivity contribution in [2.75, 3.05) is 0 Å². The van der Waals surface area contributed by atoms with Crippen LogP contribution in [0.3, 0.4) is 0 Å². The number of aliphatic hydroxyl groups is 1. The van der Waals surface area contributed by atoms with Crippen LogP contribution in [-0.4, -0.2) is 16.7 Å². The normalized spacial score (nSPS) is 24.7. The van der Waals surface area contributed by atoms with Gasteiger partial charge in [-0.2, -0.15) is 0 Å². The summed E-state index contributed by atoms with van der Waals surface area (Å²) >= 11 is 0. The van der Waals surface area contributed by atoms with Gasteiger partial charge >= 0.3 is 0 Å². The number of allylic oxidation sites excluding steroid dienone is 6. The van der Waals surface area contributed by atoms with E-state index in [9.17, 15) is 14.7 Å². The molecule has 2 aliphatic rings. The van der Waals surface area contributed by atoms with Crippen LogP contribution >= 0.6 is 0 Å². The Bertz CT molecular complexity index is 688. The first-order chi connectivity index (χ1) is 11.8. The smallest absolute Gasteiger partial charge is 0.233 e. The Morgan fingerprint density at radius 2 is 1.92 bits per heavy atom. The molecule has 0 radical (unpaired) electrons. The van der Waals surface area contributed by atoms with Crippen molar-refractivity contribution in [1.82, 2.24) is 0 Å². The molecule has 0 aromatic heterocycles. The molecular weight excluding hydrogens is 312 g/mol. The van der Waals surface area contributed by atoms with Gasteiger partial charge in [0, 0.05) is 11.5 Å². The summed E-state index contributed by atoms with van der Waals surface area (Å²) in [6, 6.07) is 0. The van der Waals surface area contributed by atoms with Crippen molar-refractivity contribution in [2.45, 2.75) is 66.2 Å². The number of aliphatic hydroxyl groups excluding tert-OH is 1. The van der Waals surface area contributed by atoms with Gasteiger partial charge in [0.1, 0.15) is 5.76 Å². The second-order valence-corrected chi connectivity index (χ2v) is 7.51. The van der Waals surface area contributed by atoms with E-state index in [-0.39, 0.29) is 23.2 Å². The minimum absolute atomic E-state index is 0.0123.